The van der Waals surface area contributed by atoms with E-state index < -0.39 is 0 Å². The number of anilines is 15. The fourth-order valence-corrected chi connectivity index (χ4v) is 12.8. The van der Waals surface area contributed by atoms with E-state index in [-0.39, 0.29) is 13.4 Å². The Balaban J connectivity index is 1.00. The Morgan fingerprint density at radius 1 is 0.291 bits per heavy atom. The van der Waals surface area contributed by atoms with Crippen LogP contribution in [0.3, 0.4) is 0 Å². The van der Waals surface area contributed by atoms with E-state index in [9.17, 15) is 0 Å². The van der Waals surface area contributed by atoms with Gasteiger partial charge in [0.1, 0.15) is 22.8 Å². The molecule has 0 atom stereocenters. The molecule has 16 rings (SSSR count). The molecule has 0 spiro atoms. The molecule has 0 N–H and O–H groups in total. The second-order valence-corrected chi connectivity index (χ2v) is 20.4. The van der Waals surface area contributed by atoms with E-state index in [1.807, 2.05) is 0 Å². The lowest BCUT2D eigenvalue weighted by Crippen LogP contribution is -2.61. The first-order chi connectivity index (χ1) is 39.2. The molecule has 0 bridgehead atoms. The van der Waals surface area contributed by atoms with Crippen molar-refractivity contribution >= 4 is 132 Å². The zero-order valence-corrected chi connectivity index (χ0v) is 42.8. The van der Waals surface area contributed by atoms with Gasteiger partial charge in [-0.2, -0.15) is 0 Å². The monoisotopic (exact) mass is 1010 g/mol. The van der Waals surface area contributed by atoms with Crippen molar-refractivity contribution in [2.24, 2.45) is 0 Å². The van der Waals surface area contributed by atoms with Gasteiger partial charge in [-0.3, -0.25) is 0 Å². The van der Waals surface area contributed by atoms with Gasteiger partial charge in [0.15, 0.2) is 5.75 Å². The molecule has 4 aliphatic heterocycles. The molecule has 0 unspecified atom stereocenters. The van der Waals surface area contributed by atoms with E-state index in [2.05, 4.69) is 310 Å². The highest BCUT2D eigenvalue weighted by Gasteiger charge is 2.53. The highest BCUT2D eigenvalue weighted by Crippen LogP contribution is 2.53. The number of benzene rings is 11. The predicted octanol–water partition coefficient (Wildman–Crippen LogP) is 14.7. The molecular weight excluding hydrogens is 964 g/mol. The van der Waals surface area contributed by atoms with E-state index in [0.717, 1.165) is 124 Å². The lowest BCUT2D eigenvalue weighted by Gasteiger charge is -2.43. The molecule has 0 saturated carbocycles. The lowest BCUT2D eigenvalue weighted by atomic mass is 9.35. The maximum Gasteiger partial charge on any atom is 0.301 e. The van der Waals surface area contributed by atoms with Gasteiger partial charge in [0.2, 0.25) is 0 Å². The Kier molecular flexibility index (Phi) is 10.3. The Morgan fingerprint density at radius 2 is 0.633 bits per heavy atom. The third kappa shape index (κ3) is 7.03. The molecule has 0 fully saturated rings. The standard InChI is InChI=1S/C70H47B2N5O2/c1-8-26-48(27-9-1)73(49-28-10-2-11-29-49)55-44-61-65-62(45-55)77(54-38-20-7-21-39-54)67-68-70(79-69(67)71(65)57-40-22-24-42-59(57)75(61)52-34-16-5-17-35-52)72-58-41-23-25-43-60(58)76(53-36-18-6-19-37-53)63-46-56(47-64(78-68)66(63)72)74(50-30-12-3-13-31-50)51-32-14-4-15-33-51/h1-47H. The van der Waals surface area contributed by atoms with Crippen LogP contribution in [-0.4, -0.2) is 13.4 Å². The summed E-state index contributed by atoms with van der Waals surface area (Å²) in [5, 5.41) is 0. The third-order valence-corrected chi connectivity index (χ3v) is 16.0. The largest absolute Gasteiger partial charge is 0.478 e. The SMILES string of the molecule is c1ccc(N(c2ccccc2)c2cc3c4c(c2)N(c2ccccc2)c2ccccc2B4c2oc4c(c2O3)N(c2ccccc2)c2cc(N(c3ccccc3)c3ccccc3)cc3c2B4c2ccccc2N3c2ccccc2)cc1. The average Bonchev–Trinajstić information content (AvgIpc) is 4.12. The van der Waals surface area contributed by atoms with E-state index in [1.54, 1.807) is 0 Å². The molecular formula is C70H47B2N5O2. The van der Waals surface area contributed by atoms with Crippen molar-refractivity contribution < 1.29 is 9.15 Å². The van der Waals surface area contributed by atoms with Gasteiger partial charge in [0, 0.05) is 79.8 Å². The van der Waals surface area contributed by atoms with E-state index in [4.69, 9.17) is 9.15 Å². The van der Waals surface area contributed by atoms with E-state index >= 15 is 0 Å². The second kappa shape index (κ2) is 18.1. The topological polar surface area (TPSA) is 38.6 Å². The van der Waals surface area contributed by atoms with Crippen molar-refractivity contribution in [1.82, 2.24) is 0 Å². The van der Waals surface area contributed by atoms with Crippen LogP contribution in [0.5, 0.6) is 11.5 Å². The van der Waals surface area contributed by atoms with Crippen LogP contribution in [0.1, 0.15) is 0 Å². The number of ether oxygens (including phenoxy) is 1. The Morgan fingerprint density at radius 3 is 1.08 bits per heavy atom. The van der Waals surface area contributed by atoms with Crippen LogP contribution in [0.4, 0.5) is 85.3 Å². The number of fused-ring (bicyclic) bond motifs is 9. The summed E-state index contributed by atoms with van der Waals surface area (Å²) in [6.07, 6.45) is 0. The highest BCUT2D eigenvalue weighted by molar-refractivity contribution is 7.02. The van der Waals surface area contributed by atoms with Crippen LogP contribution in [-0.2, 0) is 0 Å². The van der Waals surface area contributed by atoms with Crippen LogP contribution in [0.25, 0.3) is 0 Å². The fourth-order valence-electron chi connectivity index (χ4n) is 12.8. The van der Waals surface area contributed by atoms with Crippen LogP contribution < -0.4 is 62.4 Å². The van der Waals surface area contributed by atoms with E-state index in [1.165, 1.54) is 0 Å². The molecule has 1 aromatic heterocycles. The summed E-state index contributed by atoms with van der Waals surface area (Å²) >= 11 is 0. The molecule has 0 radical (unpaired) electrons. The number of hydrogen-bond acceptors (Lipinski definition) is 7. The Bertz CT molecular complexity index is 4190. The van der Waals surface area contributed by atoms with Gasteiger partial charge in [-0.15, -0.1) is 0 Å². The number of hydrogen-bond donors (Lipinski definition) is 0. The summed E-state index contributed by atoms with van der Waals surface area (Å²) in [6.45, 7) is -0.640. The number of nitrogens with zero attached hydrogens (tertiary/aromatic N) is 5. The van der Waals surface area contributed by atoms with Crippen molar-refractivity contribution in [2.45, 2.75) is 0 Å². The van der Waals surface area contributed by atoms with Crippen LogP contribution in [0.15, 0.2) is 290 Å². The molecule has 0 amide bonds. The summed E-state index contributed by atoms with van der Waals surface area (Å²) in [7, 11) is 0. The average molecular weight is 1010 g/mol. The molecule has 370 valence electrons. The van der Waals surface area contributed by atoms with Gasteiger partial charge in [-0.1, -0.05) is 164 Å². The molecule has 9 heteroatoms. The number of furan rings is 1. The summed E-state index contributed by atoms with van der Waals surface area (Å²) < 4.78 is 15.7. The first kappa shape index (κ1) is 44.9. The lowest BCUT2D eigenvalue weighted by molar-refractivity contribution is 0.479. The molecule has 79 heavy (non-hydrogen) atoms. The normalized spacial score (nSPS) is 13.0. The summed E-state index contributed by atoms with van der Waals surface area (Å²) in [4.78, 5) is 12.0. The number of para-hydroxylation sites is 9. The summed E-state index contributed by atoms with van der Waals surface area (Å²) in [5.41, 5.74) is 21.6. The smallest absolute Gasteiger partial charge is 0.301 e. The maximum absolute atomic E-state index is 7.88. The highest BCUT2D eigenvalue weighted by atomic mass is 16.5. The third-order valence-electron chi connectivity index (χ3n) is 16.0. The van der Waals surface area contributed by atoms with Crippen molar-refractivity contribution in [1.29, 1.82) is 0 Å². The molecule has 12 aromatic rings. The molecule has 0 aliphatic carbocycles. The Labute approximate surface area is 459 Å². The van der Waals surface area contributed by atoms with Crippen molar-refractivity contribution in [2.75, 3.05) is 24.5 Å². The van der Waals surface area contributed by atoms with Crippen LogP contribution in [0.2, 0.25) is 0 Å². The first-order valence-corrected chi connectivity index (χ1v) is 27.0. The zero-order valence-electron chi connectivity index (χ0n) is 42.8. The van der Waals surface area contributed by atoms with Crippen LogP contribution >= 0.6 is 0 Å². The quantitative estimate of drug-likeness (QED) is 0.133. The molecule has 11 aromatic carbocycles. The van der Waals surface area contributed by atoms with E-state index in [0.29, 0.717) is 5.75 Å². The first-order valence-electron chi connectivity index (χ1n) is 27.0. The minimum Gasteiger partial charge on any atom is -0.478 e. The fraction of sp³-hybridized carbons (Fsp3) is 0. The molecule has 5 heterocycles. The summed E-state index contributed by atoms with van der Waals surface area (Å²) in [5.74, 6) is 1.48. The van der Waals surface area contributed by atoms with Crippen molar-refractivity contribution in [3.05, 3.63) is 285 Å². The van der Waals surface area contributed by atoms with Crippen molar-refractivity contribution in [3.8, 4) is 11.5 Å². The maximum atomic E-state index is 7.88. The van der Waals surface area contributed by atoms with Gasteiger partial charge >= 0.3 is 6.71 Å². The van der Waals surface area contributed by atoms with Gasteiger partial charge in [0.05, 0.1) is 11.4 Å². The van der Waals surface area contributed by atoms with Gasteiger partial charge in [0.25, 0.3) is 6.71 Å². The minimum absolute atomic E-state index is 0.314. The molecule has 7 nitrogen and oxygen atoms in total. The van der Waals surface area contributed by atoms with Crippen molar-refractivity contribution in [3.63, 3.8) is 0 Å². The number of rotatable bonds is 9. The molecule has 4 aliphatic rings. The van der Waals surface area contributed by atoms with Gasteiger partial charge in [-0.05, 0) is 132 Å². The minimum atomic E-state index is -0.325. The predicted molar refractivity (Wildman–Crippen MR) is 328 cm³/mol. The second-order valence-electron chi connectivity index (χ2n) is 20.4. The van der Waals surface area contributed by atoms with Gasteiger partial charge in [-0.25, -0.2) is 0 Å². The summed E-state index contributed by atoms with van der Waals surface area (Å²) in [6, 6.07) is 102. The zero-order chi connectivity index (χ0) is 52.0. The molecule has 0 saturated heterocycles. The Hall–Kier alpha value is -10.4. The van der Waals surface area contributed by atoms with Crippen LogP contribution in [0, 0.1) is 0 Å². The van der Waals surface area contributed by atoms with Gasteiger partial charge < -0.3 is 33.7 Å².